The number of hydrogen-bond donors (Lipinski definition) is 2. The predicted molar refractivity (Wildman–Crippen MR) is 63.3 cm³/mol. The van der Waals surface area contributed by atoms with Gasteiger partial charge in [0.25, 0.3) is 0 Å². The number of nitrogens with zero attached hydrogens (tertiary/aromatic N) is 4. The maximum atomic E-state index is 11.0. The SMILES string of the molecule is CNc1nc(C)c([N+](=O)[O-])c(N(C)CCO)n1. The summed E-state index contributed by atoms with van der Waals surface area (Å²) in [6.07, 6.45) is 0. The van der Waals surface area contributed by atoms with Crippen molar-refractivity contribution in [3.05, 3.63) is 15.8 Å². The van der Waals surface area contributed by atoms with Gasteiger partial charge < -0.3 is 15.3 Å². The molecule has 0 aliphatic rings. The van der Waals surface area contributed by atoms with Gasteiger partial charge in [0.05, 0.1) is 11.5 Å². The lowest BCUT2D eigenvalue weighted by Crippen LogP contribution is -2.24. The third kappa shape index (κ3) is 2.78. The average molecular weight is 241 g/mol. The first-order chi connectivity index (χ1) is 8.01. The van der Waals surface area contributed by atoms with Crippen molar-refractivity contribution < 1.29 is 10.0 Å². The van der Waals surface area contributed by atoms with Gasteiger partial charge in [-0.05, 0) is 6.92 Å². The molecule has 0 bridgehead atoms. The van der Waals surface area contributed by atoms with Gasteiger partial charge in [0.2, 0.25) is 11.8 Å². The summed E-state index contributed by atoms with van der Waals surface area (Å²) in [5.41, 5.74) is 0.147. The molecule has 0 radical (unpaired) electrons. The monoisotopic (exact) mass is 241 g/mol. The number of anilines is 2. The molecule has 0 saturated heterocycles. The number of nitro groups is 1. The van der Waals surface area contributed by atoms with Crippen molar-refractivity contribution in [1.82, 2.24) is 9.97 Å². The van der Waals surface area contributed by atoms with Crippen LogP contribution in [0.15, 0.2) is 0 Å². The molecule has 0 aromatic carbocycles. The first-order valence-corrected chi connectivity index (χ1v) is 5.04. The minimum Gasteiger partial charge on any atom is -0.395 e. The van der Waals surface area contributed by atoms with Crippen molar-refractivity contribution in [2.45, 2.75) is 6.92 Å². The smallest absolute Gasteiger partial charge is 0.332 e. The van der Waals surface area contributed by atoms with Crippen LogP contribution in [0.3, 0.4) is 0 Å². The van der Waals surface area contributed by atoms with Gasteiger partial charge in [0, 0.05) is 20.6 Å². The first kappa shape index (κ1) is 13.1. The highest BCUT2D eigenvalue weighted by atomic mass is 16.6. The lowest BCUT2D eigenvalue weighted by atomic mass is 10.3. The zero-order chi connectivity index (χ0) is 13.0. The van der Waals surface area contributed by atoms with Crippen LogP contribution in [0, 0.1) is 17.0 Å². The van der Waals surface area contributed by atoms with Crippen LogP contribution in [0.1, 0.15) is 5.69 Å². The van der Waals surface area contributed by atoms with E-state index in [4.69, 9.17) is 5.11 Å². The van der Waals surface area contributed by atoms with E-state index in [1.54, 1.807) is 21.0 Å². The summed E-state index contributed by atoms with van der Waals surface area (Å²) in [5.74, 6) is 0.508. The topological polar surface area (TPSA) is 104 Å². The number of aryl methyl sites for hydroxylation is 1. The molecular weight excluding hydrogens is 226 g/mol. The molecule has 17 heavy (non-hydrogen) atoms. The molecule has 0 spiro atoms. The maximum absolute atomic E-state index is 11.0. The quantitative estimate of drug-likeness (QED) is 0.559. The summed E-state index contributed by atoms with van der Waals surface area (Å²) >= 11 is 0. The Balaban J connectivity index is 3.31. The van der Waals surface area contributed by atoms with Gasteiger partial charge >= 0.3 is 5.69 Å². The number of likely N-dealkylation sites (N-methyl/N-ethyl adjacent to an activating group) is 1. The highest BCUT2D eigenvalue weighted by molar-refractivity contribution is 5.62. The summed E-state index contributed by atoms with van der Waals surface area (Å²) in [7, 11) is 3.26. The van der Waals surface area contributed by atoms with Crippen molar-refractivity contribution in [2.24, 2.45) is 0 Å². The Hall–Kier alpha value is -1.96. The van der Waals surface area contributed by atoms with Crippen molar-refractivity contribution in [3.63, 3.8) is 0 Å². The van der Waals surface area contributed by atoms with Gasteiger partial charge in [-0.1, -0.05) is 0 Å². The van der Waals surface area contributed by atoms with Gasteiger partial charge in [-0.2, -0.15) is 4.98 Å². The molecule has 1 aromatic rings. The molecule has 1 aromatic heterocycles. The van der Waals surface area contributed by atoms with Gasteiger partial charge in [0.15, 0.2) is 0 Å². The molecule has 0 atom stereocenters. The highest BCUT2D eigenvalue weighted by Crippen LogP contribution is 2.28. The lowest BCUT2D eigenvalue weighted by molar-refractivity contribution is -0.385. The Morgan fingerprint density at radius 1 is 1.53 bits per heavy atom. The van der Waals surface area contributed by atoms with Crippen molar-refractivity contribution in [1.29, 1.82) is 0 Å². The summed E-state index contributed by atoms with van der Waals surface area (Å²) in [4.78, 5) is 20.0. The summed E-state index contributed by atoms with van der Waals surface area (Å²) < 4.78 is 0. The molecule has 0 saturated carbocycles. The second-order valence-corrected chi connectivity index (χ2v) is 3.46. The van der Waals surface area contributed by atoms with E-state index in [1.165, 1.54) is 4.90 Å². The zero-order valence-corrected chi connectivity index (χ0v) is 9.97. The van der Waals surface area contributed by atoms with Crippen LogP contribution in [0.4, 0.5) is 17.5 Å². The standard InChI is InChI=1S/C9H15N5O3/c1-6-7(14(16)17)8(13(3)4-5-15)12-9(10-2)11-6/h15H,4-5H2,1-3H3,(H,10,11,12). The molecule has 0 aliphatic carbocycles. The van der Waals surface area contributed by atoms with E-state index in [-0.39, 0.29) is 30.4 Å². The van der Waals surface area contributed by atoms with E-state index in [0.29, 0.717) is 5.95 Å². The summed E-state index contributed by atoms with van der Waals surface area (Å²) in [5, 5.41) is 22.6. The van der Waals surface area contributed by atoms with Crippen molar-refractivity contribution in [2.75, 3.05) is 37.5 Å². The number of aliphatic hydroxyl groups is 1. The molecule has 1 rings (SSSR count). The van der Waals surface area contributed by atoms with Crippen molar-refractivity contribution >= 4 is 17.5 Å². The van der Waals surface area contributed by atoms with Crippen LogP contribution in [0.25, 0.3) is 0 Å². The zero-order valence-electron chi connectivity index (χ0n) is 9.97. The minimum absolute atomic E-state index is 0.106. The van der Waals surface area contributed by atoms with Gasteiger partial charge in [-0.15, -0.1) is 0 Å². The van der Waals surface area contributed by atoms with E-state index in [1.807, 2.05) is 0 Å². The van der Waals surface area contributed by atoms with Crippen LogP contribution < -0.4 is 10.2 Å². The molecule has 0 aliphatic heterocycles. The largest absolute Gasteiger partial charge is 0.395 e. The molecule has 2 N–H and O–H groups in total. The number of aromatic nitrogens is 2. The minimum atomic E-state index is -0.516. The molecule has 0 amide bonds. The Bertz CT molecular complexity index is 423. The molecule has 0 fully saturated rings. The molecule has 8 nitrogen and oxygen atoms in total. The van der Waals surface area contributed by atoms with E-state index < -0.39 is 4.92 Å². The summed E-state index contributed by atoms with van der Waals surface area (Å²) in [6, 6.07) is 0. The molecule has 1 heterocycles. The number of rotatable bonds is 5. The third-order valence-corrected chi connectivity index (χ3v) is 2.24. The van der Waals surface area contributed by atoms with Crippen LogP contribution in [-0.4, -0.2) is 47.2 Å². The number of aliphatic hydroxyl groups excluding tert-OH is 1. The Kier molecular flexibility index (Phi) is 4.16. The third-order valence-electron chi connectivity index (χ3n) is 2.24. The lowest BCUT2D eigenvalue weighted by Gasteiger charge is -2.17. The van der Waals surface area contributed by atoms with Crippen molar-refractivity contribution in [3.8, 4) is 0 Å². The van der Waals surface area contributed by atoms with E-state index in [0.717, 1.165) is 0 Å². The average Bonchev–Trinajstić information content (AvgIpc) is 2.27. The van der Waals surface area contributed by atoms with Crippen LogP contribution in [-0.2, 0) is 0 Å². The fourth-order valence-corrected chi connectivity index (χ4v) is 1.40. The van der Waals surface area contributed by atoms with E-state index in [9.17, 15) is 10.1 Å². The highest BCUT2D eigenvalue weighted by Gasteiger charge is 2.24. The Morgan fingerprint density at radius 2 is 2.18 bits per heavy atom. The fraction of sp³-hybridized carbons (Fsp3) is 0.556. The predicted octanol–water partition coefficient (Wildman–Crippen LogP) is 0.163. The fourth-order valence-electron chi connectivity index (χ4n) is 1.40. The summed E-state index contributed by atoms with van der Waals surface area (Å²) in [6.45, 7) is 1.71. The number of hydrogen-bond acceptors (Lipinski definition) is 7. The Labute approximate surface area is 98.5 Å². The van der Waals surface area contributed by atoms with Crippen LogP contribution >= 0.6 is 0 Å². The normalized spacial score (nSPS) is 10.1. The molecule has 0 unspecified atom stereocenters. The second-order valence-electron chi connectivity index (χ2n) is 3.46. The molecular formula is C9H15N5O3. The van der Waals surface area contributed by atoms with Gasteiger partial charge in [-0.3, -0.25) is 10.1 Å². The first-order valence-electron chi connectivity index (χ1n) is 5.04. The van der Waals surface area contributed by atoms with E-state index in [2.05, 4.69) is 15.3 Å². The van der Waals surface area contributed by atoms with E-state index >= 15 is 0 Å². The number of nitrogens with one attached hydrogen (secondary N) is 1. The Morgan fingerprint density at radius 3 is 2.65 bits per heavy atom. The van der Waals surface area contributed by atoms with Gasteiger partial charge in [-0.25, -0.2) is 4.98 Å². The van der Waals surface area contributed by atoms with Crippen LogP contribution in [0.2, 0.25) is 0 Å². The molecule has 94 valence electrons. The molecule has 8 heteroatoms. The maximum Gasteiger partial charge on any atom is 0.332 e. The second kappa shape index (κ2) is 5.39. The van der Waals surface area contributed by atoms with Gasteiger partial charge in [0.1, 0.15) is 5.69 Å². The van der Waals surface area contributed by atoms with Crippen LogP contribution in [0.5, 0.6) is 0 Å².